The molecule has 0 radical (unpaired) electrons. The maximum absolute atomic E-state index is 14.3. The third kappa shape index (κ3) is 3.46. The van der Waals surface area contributed by atoms with Gasteiger partial charge >= 0.3 is 0 Å². The summed E-state index contributed by atoms with van der Waals surface area (Å²) in [4.78, 5) is 25.5. The highest BCUT2D eigenvalue weighted by molar-refractivity contribution is 9.10. The number of hydrogen-bond acceptors (Lipinski definition) is 4. The summed E-state index contributed by atoms with van der Waals surface area (Å²) in [5, 5.41) is 12.0. The minimum absolute atomic E-state index is 0.0796. The Balaban J connectivity index is 2.15. The Bertz CT molecular complexity index is 924. The molecule has 0 saturated heterocycles. The smallest absolute Gasteiger partial charge is 0.255 e. The Labute approximate surface area is 159 Å². The molecule has 5 nitrogen and oxygen atoms in total. The number of fused-ring (bicyclic) bond motifs is 1. The summed E-state index contributed by atoms with van der Waals surface area (Å²) >= 11 is 3.22. The first kappa shape index (κ1) is 18.8. The van der Waals surface area contributed by atoms with Gasteiger partial charge in [-0.25, -0.2) is 4.39 Å². The number of rotatable bonds is 6. The predicted molar refractivity (Wildman–Crippen MR) is 102 cm³/mol. The number of aliphatic hydroxyl groups is 1. The van der Waals surface area contributed by atoms with Crippen LogP contribution in [0.4, 0.5) is 15.8 Å². The zero-order chi connectivity index (χ0) is 18.8. The molecule has 1 aliphatic rings. The van der Waals surface area contributed by atoms with Gasteiger partial charge in [-0.1, -0.05) is 15.9 Å². The molecule has 0 aliphatic carbocycles. The van der Waals surface area contributed by atoms with Gasteiger partial charge in [-0.15, -0.1) is 0 Å². The predicted octanol–water partition coefficient (Wildman–Crippen LogP) is 3.70. The number of aliphatic hydroxyl groups excluding tert-OH is 1. The highest BCUT2D eigenvalue weighted by Gasteiger charge is 2.27. The molecule has 138 valence electrons. The molecule has 0 atom stereocenters. The molecule has 0 saturated carbocycles. The molecule has 3 rings (SSSR count). The molecule has 0 amide bonds. The molecular weight excluding hydrogens is 403 g/mol. The average molecular weight is 423 g/mol. The van der Waals surface area contributed by atoms with Gasteiger partial charge in [0, 0.05) is 35.3 Å². The molecular formula is C19H20BrFN2O3. The van der Waals surface area contributed by atoms with Crippen molar-refractivity contribution in [3.05, 3.63) is 55.7 Å². The lowest BCUT2D eigenvalue weighted by atomic mass is 9.98. The largest absolute Gasteiger partial charge is 0.396 e. The van der Waals surface area contributed by atoms with Crippen molar-refractivity contribution < 1.29 is 14.3 Å². The minimum Gasteiger partial charge on any atom is -0.396 e. The summed E-state index contributed by atoms with van der Waals surface area (Å²) in [5.41, 5.74) is 1.95. The second-order valence-corrected chi connectivity index (χ2v) is 7.30. The van der Waals surface area contributed by atoms with Crippen LogP contribution in [0.3, 0.4) is 0 Å². The highest BCUT2D eigenvalue weighted by Crippen LogP contribution is 2.32. The number of benzene rings is 1. The normalized spacial score (nSPS) is 12.9. The van der Waals surface area contributed by atoms with Crippen LogP contribution in [-0.2, 0) is 13.0 Å². The summed E-state index contributed by atoms with van der Waals surface area (Å²) < 4.78 is 16.5. The lowest BCUT2D eigenvalue weighted by Crippen LogP contribution is -2.26. The van der Waals surface area contributed by atoms with E-state index in [1.807, 2.05) is 0 Å². The molecule has 1 aliphatic heterocycles. The van der Waals surface area contributed by atoms with Crippen molar-refractivity contribution in [3.8, 4) is 0 Å². The van der Waals surface area contributed by atoms with Crippen molar-refractivity contribution in [3.63, 3.8) is 0 Å². The summed E-state index contributed by atoms with van der Waals surface area (Å²) in [5.74, 6) is -0.624. The van der Waals surface area contributed by atoms with Gasteiger partial charge in [-0.05, 0) is 44.4 Å². The number of halogens is 2. The van der Waals surface area contributed by atoms with Crippen molar-refractivity contribution in [2.45, 2.75) is 39.2 Å². The fraction of sp³-hybridized carbons (Fsp3) is 0.368. The van der Waals surface area contributed by atoms with Gasteiger partial charge in [-0.3, -0.25) is 9.59 Å². The number of anilines is 2. The van der Waals surface area contributed by atoms with Gasteiger partial charge in [0.2, 0.25) is 0 Å². The lowest BCUT2D eigenvalue weighted by Gasteiger charge is -2.19. The van der Waals surface area contributed by atoms with Crippen molar-refractivity contribution in [1.29, 1.82) is 0 Å². The Morgan fingerprint density at radius 2 is 2.19 bits per heavy atom. The zero-order valence-electron chi connectivity index (χ0n) is 14.4. The van der Waals surface area contributed by atoms with E-state index in [4.69, 9.17) is 5.11 Å². The number of hydrogen-bond donors (Lipinski definition) is 2. The van der Waals surface area contributed by atoms with E-state index in [0.29, 0.717) is 46.4 Å². The monoisotopic (exact) mass is 422 g/mol. The van der Waals surface area contributed by atoms with E-state index in [-0.39, 0.29) is 30.1 Å². The lowest BCUT2D eigenvalue weighted by molar-refractivity contribution is 0.0970. The molecule has 26 heavy (non-hydrogen) atoms. The maximum atomic E-state index is 14.3. The Kier molecular flexibility index (Phi) is 5.58. The van der Waals surface area contributed by atoms with Gasteiger partial charge in [0.1, 0.15) is 5.82 Å². The average Bonchev–Trinajstić information content (AvgIpc) is 3.09. The van der Waals surface area contributed by atoms with Crippen molar-refractivity contribution in [2.75, 3.05) is 11.9 Å². The molecule has 2 aromatic rings. The van der Waals surface area contributed by atoms with Crippen LogP contribution < -0.4 is 10.9 Å². The van der Waals surface area contributed by atoms with Crippen molar-refractivity contribution in [2.24, 2.45) is 0 Å². The fourth-order valence-electron chi connectivity index (χ4n) is 3.35. The van der Waals surface area contributed by atoms with E-state index in [9.17, 15) is 14.0 Å². The van der Waals surface area contributed by atoms with Crippen LogP contribution in [-0.4, -0.2) is 22.1 Å². The Morgan fingerprint density at radius 3 is 2.88 bits per heavy atom. The molecule has 2 N–H and O–H groups in total. The van der Waals surface area contributed by atoms with Gasteiger partial charge in [-0.2, -0.15) is 0 Å². The van der Waals surface area contributed by atoms with E-state index in [0.717, 1.165) is 6.42 Å². The summed E-state index contributed by atoms with van der Waals surface area (Å²) in [7, 11) is 0. The first-order chi connectivity index (χ1) is 12.4. The van der Waals surface area contributed by atoms with Crippen LogP contribution in [0.15, 0.2) is 27.5 Å². The van der Waals surface area contributed by atoms with Crippen molar-refractivity contribution >= 4 is 33.1 Å². The third-order valence-corrected chi connectivity index (χ3v) is 5.13. The molecule has 0 fully saturated rings. The van der Waals surface area contributed by atoms with Gasteiger partial charge in [0.05, 0.1) is 16.9 Å². The number of pyridine rings is 1. The quantitative estimate of drug-likeness (QED) is 0.696. The van der Waals surface area contributed by atoms with Gasteiger partial charge in [0.25, 0.3) is 5.56 Å². The molecule has 0 unspecified atom stereocenters. The van der Waals surface area contributed by atoms with Crippen LogP contribution >= 0.6 is 15.9 Å². The van der Waals surface area contributed by atoms with Crippen LogP contribution in [0.5, 0.6) is 0 Å². The second kappa shape index (κ2) is 7.72. The minimum atomic E-state index is -0.479. The Hall–Kier alpha value is -1.99. The van der Waals surface area contributed by atoms with E-state index in [2.05, 4.69) is 21.2 Å². The van der Waals surface area contributed by atoms with Gasteiger partial charge < -0.3 is 15.0 Å². The zero-order valence-corrected chi connectivity index (χ0v) is 16.0. The van der Waals surface area contributed by atoms with Crippen molar-refractivity contribution in [1.82, 2.24) is 4.57 Å². The van der Waals surface area contributed by atoms with Crippen LogP contribution in [0.25, 0.3) is 0 Å². The number of carbonyl (C=O) groups excluding carboxylic acids is 1. The second-order valence-electron chi connectivity index (χ2n) is 6.38. The standard InChI is InChI=1S/C19H20BrFN2O3/c1-11-18(22-14-7-6-12(20)10-13(14)21)17(16(25)5-3-9-24)15-4-2-8-23(15)19(11)26/h6-7,10,22,24H,2-5,8-9H2,1H3. The van der Waals surface area contributed by atoms with Crippen LogP contribution in [0.1, 0.15) is 40.9 Å². The van der Waals surface area contributed by atoms with E-state index >= 15 is 0 Å². The summed E-state index contributed by atoms with van der Waals surface area (Å²) in [6.07, 6.45) is 1.96. The topological polar surface area (TPSA) is 71.3 Å². The van der Waals surface area contributed by atoms with E-state index in [1.165, 1.54) is 6.07 Å². The number of nitrogens with one attached hydrogen (secondary N) is 1. The van der Waals surface area contributed by atoms with E-state index < -0.39 is 5.82 Å². The molecule has 1 aromatic carbocycles. The molecule has 0 spiro atoms. The number of nitrogens with zero attached hydrogens (tertiary/aromatic N) is 1. The summed E-state index contributed by atoms with van der Waals surface area (Å²) in [6.45, 7) is 2.15. The number of carbonyl (C=O) groups is 1. The summed E-state index contributed by atoms with van der Waals surface area (Å²) in [6, 6.07) is 4.57. The first-order valence-electron chi connectivity index (χ1n) is 8.56. The number of ketones is 1. The number of aromatic nitrogens is 1. The maximum Gasteiger partial charge on any atom is 0.255 e. The number of Topliss-reactive ketones (excluding diaryl/α,β-unsaturated/α-hetero) is 1. The molecule has 0 bridgehead atoms. The first-order valence-corrected chi connectivity index (χ1v) is 9.35. The molecule has 7 heteroatoms. The van der Waals surface area contributed by atoms with Crippen LogP contribution in [0.2, 0.25) is 0 Å². The fourth-order valence-corrected chi connectivity index (χ4v) is 3.68. The van der Waals surface area contributed by atoms with E-state index in [1.54, 1.807) is 23.6 Å². The van der Waals surface area contributed by atoms with Gasteiger partial charge in [0.15, 0.2) is 5.78 Å². The molecule has 2 heterocycles. The Morgan fingerprint density at radius 1 is 1.42 bits per heavy atom. The molecule has 1 aromatic heterocycles. The van der Waals surface area contributed by atoms with Crippen LogP contribution in [0, 0.1) is 12.7 Å². The SMILES string of the molecule is Cc1c(Nc2ccc(Br)cc2F)c(C(=O)CCCO)c2n(c1=O)CCC2. The highest BCUT2D eigenvalue weighted by atomic mass is 79.9. The third-order valence-electron chi connectivity index (χ3n) is 4.63.